The number of hydrogen-bond acceptors (Lipinski definition) is 1. The molecule has 1 aromatic heterocycles. The van der Waals surface area contributed by atoms with E-state index in [0.29, 0.717) is 0 Å². The van der Waals surface area contributed by atoms with Crippen molar-refractivity contribution >= 4 is 85.4 Å². The van der Waals surface area contributed by atoms with Gasteiger partial charge < -0.3 is 0 Å². The summed E-state index contributed by atoms with van der Waals surface area (Å²) >= 11 is 1.91. The van der Waals surface area contributed by atoms with Gasteiger partial charge in [-0.25, -0.2) is 0 Å². The van der Waals surface area contributed by atoms with Crippen LogP contribution in [0.25, 0.3) is 107 Å². The molecule has 0 N–H and O–H groups in total. The van der Waals surface area contributed by atoms with E-state index in [1.54, 1.807) is 0 Å². The summed E-state index contributed by atoms with van der Waals surface area (Å²) in [4.78, 5) is 0. The first kappa shape index (κ1) is 28.5. The zero-order chi connectivity index (χ0) is 33.5. The molecular formula is C50H30S. The maximum atomic E-state index is 2.42. The van der Waals surface area contributed by atoms with E-state index in [2.05, 4.69) is 182 Å². The van der Waals surface area contributed by atoms with Crippen molar-refractivity contribution in [2.75, 3.05) is 0 Å². The van der Waals surface area contributed by atoms with Crippen LogP contribution in [-0.2, 0) is 0 Å². The summed E-state index contributed by atoms with van der Waals surface area (Å²) in [5.74, 6) is 0. The third-order valence-corrected chi connectivity index (χ3v) is 12.0. The lowest BCUT2D eigenvalue weighted by Crippen LogP contribution is -1.92. The van der Waals surface area contributed by atoms with Crippen LogP contribution in [0.5, 0.6) is 0 Å². The fourth-order valence-electron chi connectivity index (χ4n) is 8.61. The monoisotopic (exact) mass is 662 g/mol. The van der Waals surface area contributed by atoms with Crippen LogP contribution < -0.4 is 0 Å². The molecule has 1 heteroatoms. The number of fused-ring (bicyclic) bond motifs is 11. The zero-order valence-corrected chi connectivity index (χ0v) is 28.5. The third kappa shape index (κ3) is 4.26. The Kier molecular flexibility index (Phi) is 6.22. The van der Waals surface area contributed by atoms with Gasteiger partial charge in [0.15, 0.2) is 0 Å². The molecule has 0 aliphatic rings. The van der Waals surface area contributed by atoms with E-state index in [0.717, 1.165) is 0 Å². The Morgan fingerprint density at radius 2 is 0.804 bits per heavy atom. The molecule has 11 rings (SSSR count). The molecular weight excluding hydrogens is 633 g/mol. The number of thiophene rings is 1. The van der Waals surface area contributed by atoms with E-state index in [1.165, 1.54) is 107 Å². The Bertz CT molecular complexity index is 3130. The van der Waals surface area contributed by atoms with Crippen molar-refractivity contribution in [3.63, 3.8) is 0 Å². The van der Waals surface area contributed by atoms with E-state index in [-0.39, 0.29) is 0 Å². The van der Waals surface area contributed by atoms with Gasteiger partial charge in [-0.15, -0.1) is 11.3 Å². The summed E-state index contributed by atoms with van der Waals surface area (Å²) in [7, 11) is 0. The standard InChI is InChI=1S/C50H30S/c1-2-17-35-31(13-1)14-12-26-38(35)48-42-23-8-6-21-40(42)47(41-22-7-9-24-43(41)48)34-16-11-15-32(29-34)33-27-28-46-45(30-33)49-39-20-5-3-18-36(39)37-19-4-10-25-44(37)50(49)51-46/h1-30H. The van der Waals surface area contributed by atoms with Gasteiger partial charge >= 0.3 is 0 Å². The van der Waals surface area contributed by atoms with Crippen LogP contribution in [0.4, 0.5) is 0 Å². The van der Waals surface area contributed by atoms with E-state index in [1.807, 2.05) is 11.3 Å². The van der Waals surface area contributed by atoms with Crippen LogP contribution in [0.1, 0.15) is 0 Å². The predicted octanol–water partition coefficient (Wildman–Crippen LogP) is 14.8. The van der Waals surface area contributed by atoms with Gasteiger partial charge in [0.2, 0.25) is 0 Å². The topological polar surface area (TPSA) is 0 Å². The normalized spacial score (nSPS) is 11.9. The highest BCUT2D eigenvalue weighted by Gasteiger charge is 2.19. The summed E-state index contributed by atoms with van der Waals surface area (Å²) in [6.45, 7) is 0. The molecule has 0 fully saturated rings. The predicted molar refractivity (Wildman–Crippen MR) is 223 cm³/mol. The van der Waals surface area contributed by atoms with Gasteiger partial charge in [-0.1, -0.05) is 164 Å². The van der Waals surface area contributed by atoms with E-state index in [4.69, 9.17) is 0 Å². The summed E-state index contributed by atoms with van der Waals surface area (Å²) < 4.78 is 2.70. The van der Waals surface area contributed by atoms with Crippen molar-refractivity contribution in [1.82, 2.24) is 0 Å². The van der Waals surface area contributed by atoms with Gasteiger partial charge in [0, 0.05) is 25.6 Å². The molecule has 0 saturated carbocycles. The molecule has 0 aliphatic heterocycles. The maximum Gasteiger partial charge on any atom is 0.0440 e. The number of benzene rings is 10. The van der Waals surface area contributed by atoms with Gasteiger partial charge in [-0.2, -0.15) is 0 Å². The van der Waals surface area contributed by atoms with Gasteiger partial charge in [0.1, 0.15) is 0 Å². The van der Waals surface area contributed by atoms with Gasteiger partial charge in [0.25, 0.3) is 0 Å². The first-order valence-corrected chi connectivity index (χ1v) is 18.4. The first-order chi connectivity index (χ1) is 25.3. The lowest BCUT2D eigenvalue weighted by Gasteiger charge is -2.19. The first-order valence-electron chi connectivity index (χ1n) is 17.6. The van der Waals surface area contributed by atoms with Crippen LogP contribution in [0.2, 0.25) is 0 Å². The molecule has 0 aliphatic carbocycles. The van der Waals surface area contributed by atoms with Crippen molar-refractivity contribution < 1.29 is 0 Å². The quantitative estimate of drug-likeness (QED) is 0.130. The Morgan fingerprint density at radius 1 is 0.294 bits per heavy atom. The van der Waals surface area contributed by atoms with Crippen LogP contribution >= 0.6 is 11.3 Å². The number of rotatable bonds is 3. The Hall–Kier alpha value is -6.28. The average molecular weight is 663 g/mol. The SMILES string of the molecule is c1cc(-c2ccc3sc4c5ccccc5c5ccccc5c4c3c2)cc(-c2c3ccccc3c(-c3cccc4ccccc34)c3ccccc23)c1. The molecule has 0 bridgehead atoms. The lowest BCUT2D eigenvalue weighted by atomic mass is 9.84. The largest absolute Gasteiger partial charge is 0.135 e. The molecule has 0 nitrogen and oxygen atoms in total. The average Bonchev–Trinajstić information content (AvgIpc) is 3.59. The highest BCUT2D eigenvalue weighted by Crippen LogP contribution is 2.47. The molecule has 51 heavy (non-hydrogen) atoms. The van der Waals surface area contributed by atoms with Crippen molar-refractivity contribution in [1.29, 1.82) is 0 Å². The van der Waals surface area contributed by atoms with Crippen LogP contribution in [0, 0.1) is 0 Å². The maximum absolute atomic E-state index is 2.42. The minimum Gasteiger partial charge on any atom is -0.135 e. The van der Waals surface area contributed by atoms with Gasteiger partial charge in [-0.05, 0) is 100 Å². The highest BCUT2D eigenvalue weighted by molar-refractivity contribution is 7.27. The summed E-state index contributed by atoms with van der Waals surface area (Å²) in [6.07, 6.45) is 0. The highest BCUT2D eigenvalue weighted by atomic mass is 32.1. The smallest absolute Gasteiger partial charge is 0.0440 e. The van der Waals surface area contributed by atoms with Gasteiger partial charge in [0.05, 0.1) is 0 Å². The number of hydrogen-bond donors (Lipinski definition) is 0. The molecule has 0 amide bonds. The molecule has 0 saturated heterocycles. The fourth-order valence-corrected chi connectivity index (χ4v) is 9.85. The van der Waals surface area contributed by atoms with E-state index < -0.39 is 0 Å². The molecule has 0 unspecified atom stereocenters. The van der Waals surface area contributed by atoms with E-state index >= 15 is 0 Å². The minimum absolute atomic E-state index is 1.23. The second-order valence-electron chi connectivity index (χ2n) is 13.6. The fraction of sp³-hybridized carbons (Fsp3) is 0. The zero-order valence-electron chi connectivity index (χ0n) is 27.7. The van der Waals surface area contributed by atoms with Crippen molar-refractivity contribution in [3.05, 3.63) is 182 Å². The molecule has 0 radical (unpaired) electrons. The van der Waals surface area contributed by atoms with Crippen LogP contribution in [0.15, 0.2) is 182 Å². The summed E-state index contributed by atoms with van der Waals surface area (Å²) in [5, 5.41) is 15.6. The van der Waals surface area contributed by atoms with E-state index in [9.17, 15) is 0 Å². The Balaban J connectivity index is 1.15. The molecule has 0 spiro atoms. The van der Waals surface area contributed by atoms with Crippen LogP contribution in [-0.4, -0.2) is 0 Å². The molecule has 0 atom stereocenters. The lowest BCUT2D eigenvalue weighted by molar-refractivity contribution is 1.63. The van der Waals surface area contributed by atoms with Crippen molar-refractivity contribution in [2.24, 2.45) is 0 Å². The molecule has 1 heterocycles. The van der Waals surface area contributed by atoms with Gasteiger partial charge in [-0.3, -0.25) is 0 Å². The molecule has 10 aromatic carbocycles. The summed E-state index contributed by atoms with van der Waals surface area (Å²) in [5.41, 5.74) is 7.56. The second kappa shape index (κ2) is 11.1. The van der Waals surface area contributed by atoms with Crippen molar-refractivity contribution in [2.45, 2.75) is 0 Å². The minimum atomic E-state index is 1.23. The third-order valence-electron chi connectivity index (χ3n) is 10.8. The summed E-state index contributed by atoms with van der Waals surface area (Å²) in [6, 6.07) is 67.4. The Morgan fingerprint density at radius 3 is 1.53 bits per heavy atom. The molecule has 236 valence electrons. The molecule has 11 aromatic rings. The second-order valence-corrected chi connectivity index (χ2v) is 14.6. The van der Waals surface area contributed by atoms with Crippen molar-refractivity contribution in [3.8, 4) is 33.4 Å². The Labute approximate surface area is 299 Å². The van der Waals surface area contributed by atoms with Crippen LogP contribution in [0.3, 0.4) is 0 Å².